The lowest BCUT2D eigenvalue weighted by molar-refractivity contribution is -0.127. The number of hydrogen-bond acceptors (Lipinski definition) is 4. The van der Waals surface area contributed by atoms with Crippen molar-refractivity contribution in [3.8, 4) is 0 Å². The minimum absolute atomic E-state index is 0.0390. The summed E-state index contributed by atoms with van der Waals surface area (Å²) in [5.74, 6) is 0.442. The number of nitrogens with one attached hydrogen (secondary N) is 1. The number of para-hydroxylation sites is 1. The molecule has 0 saturated carbocycles. The van der Waals surface area contributed by atoms with E-state index in [1.807, 2.05) is 18.3 Å². The van der Waals surface area contributed by atoms with Crippen molar-refractivity contribution >= 4 is 28.7 Å². The number of hydrogen-bond donors (Lipinski definition) is 1. The SMILES string of the molecule is CN(C)C(=O)CN=C(NCC(=O)N(C)C)N1CCC(n2ncc3ccccc32)C1. The van der Waals surface area contributed by atoms with E-state index in [4.69, 9.17) is 0 Å². The third-order valence-electron chi connectivity index (χ3n) is 5.07. The minimum Gasteiger partial charge on any atom is -0.347 e. The Kier molecular flexibility index (Phi) is 6.36. The molecule has 2 amide bonds. The molecule has 9 heteroatoms. The monoisotopic (exact) mass is 399 g/mol. The maximum absolute atomic E-state index is 12.0. The van der Waals surface area contributed by atoms with Crippen LogP contribution in [0.1, 0.15) is 12.5 Å². The largest absolute Gasteiger partial charge is 0.347 e. The van der Waals surface area contributed by atoms with Crippen LogP contribution >= 0.6 is 0 Å². The third-order valence-corrected chi connectivity index (χ3v) is 5.07. The fourth-order valence-electron chi connectivity index (χ4n) is 3.28. The average molecular weight is 399 g/mol. The number of guanidine groups is 1. The number of carbonyl (C=O) groups is 2. The fourth-order valence-corrected chi connectivity index (χ4v) is 3.28. The molecule has 1 aliphatic rings. The summed E-state index contributed by atoms with van der Waals surface area (Å²) in [4.78, 5) is 33.6. The highest BCUT2D eigenvalue weighted by molar-refractivity contribution is 5.88. The molecule has 0 radical (unpaired) electrons. The van der Waals surface area contributed by atoms with E-state index < -0.39 is 0 Å². The molecule has 0 bridgehead atoms. The molecule has 2 heterocycles. The molecule has 156 valence electrons. The van der Waals surface area contributed by atoms with Crippen LogP contribution in [0.4, 0.5) is 0 Å². The van der Waals surface area contributed by atoms with Gasteiger partial charge in [-0.3, -0.25) is 14.3 Å². The molecule has 3 rings (SSSR count). The Bertz CT molecular complexity index is 903. The number of aliphatic imine (C=N–C) groups is 1. The first-order valence-corrected chi connectivity index (χ1v) is 9.72. The van der Waals surface area contributed by atoms with Crippen molar-refractivity contribution in [3.05, 3.63) is 30.5 Å². The van der Waals surface area contributed by atoms with E-state index in [0.29, 0.717) is 12.5 Å². The lowest BCUT2D eigenvalue weighted by Crippen LogP contribution is -2.45. The van der Waals surface area contributed by atoms with E-state index in [9.17, 15) is 9.59 Å². The smallest absolute Gasteiger partial charge is 0.243 e. The van der Waals surface area contributed by atoms with Crippen molar-refractivity contribution in [2.75, 3.05) is 54.4 Å². The molecular weight excluding hydrogens is 370 g/mol. The van der Waals surface area contributed by atoms with Gasteiger partial charge in [-0.2, -0.15) is 5.10 Å². The first kappa shape index (κ1) is 20.6. The van der Waals surface area contributed by atoms with Crippen LogP contribution in [0.2, 0.25) is 0 Å². The second-order valence-electron chi connectivity index (χ2n) is 7.61. The van der Waals surface area contributed by atoms with Crippen LogP contribution in [0, 0.1) is 0 Å². The van der Waals surface area contributed by atoms with Gasteiger partial charge in [0.2, 0.25) is 11.8 Å². The van der Waals surface area contributed by atoms with Crippen LogP contribution in [0.5, 0.6) is 0 Å². The van der Waals surface area contributed by atoms with Crippen LogP contribution in [-0.2, 0) is 9.59 Å². The predicted molar refractivity (Wildman–Crippen MR) is 113 cm³/mol. The maximum atomic E-state index is 12.0. The van der Waals surface area contributed by atoms with Crippen molar-refractivity contribution < 1.29 is 9.59 Å². The summed E-state index contributed by atoms with van der Waals surface area (Å²) < 4.78 is 2.06. The number of likely N-dealkylation sites (N-methyl/N-ethyl adjacent to an activating group) is 2. The zero-order chi connectivity index (χ0) is 21.0. The Labute approximate surface area is 171 Å². The van der Waals surface area contributed by atoms with Gasteiger partial charge in [-0.25, -0.2) is 4.99 Å². The summed E-state index contributed by atoms with van der Waals surface area (Å²) >= 11 is 0. The van der Waals surface area contributed by atoms with E-state index in [-0.39, 0.29) is 30.9 Å². The van der Waals surface area contributed by atoms with Gasteiger partial charge < -0.3 is 20.0 Å². The summed E-state index contributed by atoms with van der Waals surface area (Å²) in [7, 11) is 6.83. The molecule has 1 N–H and O–H groups in total. The van der Waals surface area contributed by atoms with Crippen molar-refractivity contribution in [2.24, 2.45) is 4.99 Å². The summed E-state index contributed by atoms with van der Waals surface area (Å²) in [5, 5.41) is 8.82. The summed E-state index contributed by atoms with van der Waals surface area (Å²) in [6.45, 7) is 1.66. The first-order valence-electron chi connectivity index (χ1n) is 9.72. The molecule has 1 unspecified atom stereocenters. The normalized spacial score (nSPS) is 16.9. The Morgan fingerprint density at radius 1 is 1.17 bits per heavy atom. The highest BCUT2D eigenvalue weighted by atomic mass is 16.2. The van der Waals surface area contributed by atoms with Crippen molar-refractivity contribution in [1.82, 2.24) is 29.8 Å². The topological polar surface area (TPSA) is 86.1 Å². The van der Waals surface area contributed by atoms with Gasteiger partial charge in [0.25, 0.3) is 0 Å². The molecule has 1 aromatic carbocycles. The lowest BCUT2D eigenvalue weighted by Gasteiger charge is -2.23. The molecule has 29 heavy (non-hydrogen) atoms. The average Bonchev–Trinajstić information content (AvgIpc) is 3.34. The minimum atomic E-state index is -0.0861. The number of nitrogens with zero attached hydrogens (tertiary/aromatic N) is 6. The highest BCUT2D eigenvalue weighted by Crippen LogP contribution is 2.25. The van der Waals surface area contributed by atoms with Gasteiger partial charge in [0.1, 0.15) is 6.54 Å². The van der Waals surface area contributed by atoms with Gasteiger partial charge in [-0.05, 0) is 12.5 Å². The second kappa shape index (κ2) is 8.93. The maximum Gasteiger partial charge on any atom is 0.243 e. The Morgan fingerprint density at radius 2 is 1.90 bits per heavy atom. The van der Waals surface area contributed by atoms with Gasteiger partial charge in [-0.1, -0.05) is 18.2 Å². The summed E-state index contributed by atoms with van der Waals surface area (Å²) in [6, 6.07) is 8.36. The van der Waals surface area contributed by atoms with E-state index in [1.54, 1.807) is 28.2 Å². The number of fused-ring (bicyclic) bond motifs is 1. The molecule has 2 aromatic rings. The fraction of sp³-hybridized carbons (Fsp3) is 0.500. The van der Waals surface area contributed by atoms with Crippen LogP contribution in [0.15, 0.2) is 35.5 Å². The number of benzene rings is 1. The predicted octanol–water partition coefficient (Wildman–Crippen LogP) is 0.405. The number of amides is 2. The highest BCUT2D eigenvalue weighted by Gasteiger charge is 2.28. The van der Waals surface area contributed by atoms with Crippen LogP contribution < -0.4 is 5.32 Å². The number of carbonyl (C=O) groups excluding carboxylic acids is 2. The molecule has 9 nitrogen and oxygen atoms in total. The van der Waals surface area contributed by atoms with E-state index in [1.165, 1.54) is 9.80 Å². The van der Waals surface area contributed by atoms with Crippen LogP contribution in [0.25, 0.3) is 10.9 Å². The van der Waals surface area contributed by atoms with Gasteiger partial charge in [0.05, 0.1) is 24.3 Å². The molecule has 1 saturated heterocycles. The number of likely N-dealkylation sites (tertiary alicyclic amines) is 1. The first-order chi connectivity index (χ1) is 13.9. The molecular formula is C20H29N7O2. The number of rotatable bonds is 5. The molecule has 1 fully saturated rings. The second-order valence-corrected chi connectivity index (χ2v) is 7.61. The lowest BCUT2D eigenvalue weighted by atomic mass is 10.2. The van der Waals surface area contributed by atoms with E-state index in [2.05, 4.69) is 37.1 Å². The standard InChI is InChI=1S/C20H29N7O2/c1-24(2)18(28)12-21-20(22-13-19(29)25(3)4)26-10-9-16(14-26)27-17-8-6-5-7-15(17)11-23-27/h5-8,11,16H,9-10,12-14H2,1-4H3,(H,21,22). The van der Waals surface area contributed by atoms with Crippen LogP contribution in [0.3, 0.4) is 0 Å². The Morgan fingerprint density at radius 3 is 2.62 bits per heavy atom. The molecule has 0 spiro atoms. The van der Waals surface area contributed by atoms with Gasteiger partial charge in [0.15, 0.2) is 5.96 Å². The van der Waals surface area contributed by atoms with Gasteiger partial charge >= 0.3 is 0 Å². The quantitative estimate of drug-likeness (QED) is 0.581. The Hall–Kier alpha value is -3.10. The van der Waals surface area contributed by atoms with Crippen LogP contribution in [-0.4, -0.2) is 96.6 Å². The summed E-state index contributed by atoms with van der Waals surface area (Å²) in [6.07, 6.45) is 2.80. The zero-order valence-corrected chi connectivity index (χ0v) is 17.5. The Balaban J connectivity index is 1.74. The van der Waals surface area contributed by atoms with E-state index >= 15 is 0 Å². The summed E-state index contributed by atoms with van der Waals surface area (Å²) in [5.41, 5.74) is 1.11. The molecule has 1 atom stereocenters. The number of aromatic nitrogens is 2. The molecule has 0 aliphatic carbocycles. The van der Waals surface area contributed by atoms with Gasteiger partial charge in [0, 0.05) is 46.7 Å². The van der Waals surface area contributed by atoms with Gasteiger partial charge in [-0.15, -0.1) is 0 Å². The zero-order valence-electron chi connectivity index (χ0n) is 17.5. The molecule has 1 aliphatic heterocycles. The van der Waals surface area contributed by atoms with Crippen molar-refractivity contribution in [1.29, 1.82) is 0 Å². The molecule has 1 aromatic heterocycles. The van der Waals surface area contributed by atoms with Crippen molar-refractivity contribution in [2.45, 2.75) is 12.5 Å². The van der Waals surface area contributed by atoms with E-state index in [0.717, 1.165) is 23.9 Å². The van der Waals surface area contributed by atoms with Crippen molar-refractivity contribution in [3.63, 3.8) is 0 Å². The third kappa shape index (κ3) is 4.85.